The lowest BCUT2D eigenvalue weighted by molar-refractivity contribution is 0.100. The average Bonchev–Trinajstić information content (AvgIpc) is 2.95. The van der Waals surface area contributed by atoms with Crippen LogP contribution in [0.1, 0.15) is 27.8 Å². The summed E-state index contributed by atoms with van der Waals surface area (Å²) in [5.74, 6) is -0.431. The van der Waals surface area contributed by atoms with Crippen molar-refractivity contribution in [2.75, 3.05) is 5.32 Å². The van der Waals surface area contributed by atoms with E-state index in [1.54, 1.807) is 36.0 Å². The van der Waals surface area contributed by atoms with E-state index in [1.165, 1.54) is 18.3 Å². The molecule has 0 saturated heterocycles. The number of nitrogens with zero attached hydrogens (tertiary/aromatic N) is 3. The Morgan fingerprint density at radius 2 is 1.90 bits per heavy atom. The molecule has 0 radical (unpaired) electrons. The van der Waals surface area contributed by atoms with Crippen LogP contribution in [0.3, 0.4) is 0 Å². The number of ketones is 1. The Morgan fingerprint density at radius 3 is 2.62 bits per heavy atom. The van der Waals surface area contributed by atoms with Crippen LogP contribution in [0.4, 0.5) is 5.13 Å². The first kappa shape index (κ1) is 13.3. The zero-order chi connectivity index (χ0) is 14.8. The van der Waals surface area contributed by atoms with E-state index >= 15 is 0 Å². The SMILES string of the molecule is CC(=O)c1csc(NC(=O)c2ccc3nccnc3c2)n1. The highest BCUT2D eigenvalue weighted by molar-refractivity contribution is 7.14. The molecule has 0 unspecified atom stereocenters. The van der Waals surface area contributed by atoms with E-state index in [4.69, 9.17) is 0 Å². The number of thiazole rings is 1. The summed E-state index contributed by atoms with van der Waals surface area (Å²) < 4.78 is 0. The number of carbonyl (C=O) groups excluding carboxylic acids is 2. The number of aromatic nitrogens is 3. The van der Waals surface area contributed by atoms with Gasteiger partial charge in [0.1, 0.15) is 5.69 Å². The molecule has 0 spiro atoms. The second-order valence-corrected chi connectivity index (χ2v) is 5.17. The predicted molar refractivity (Wildman–Crippen MR) is 79.6 cm³/mol. The smallest absolute Gasteiger partial charge is 0.257 e. The van der Waals surface area contributed by atoms with Crippen LogP contribution in [0.2, 0.25) is 0 Å². The molecule has 0 aliphatic heterocycles. The van der Waals surface area contributed by atoms with E-state index in [0.29, 0.717) is 21.9 Å². The van der Waals surface area contributed by atoms with Crippen LogP contribution in [0.5, 0.6) is 0 Å². The average molecular weight is 298 g/mol. The summed E-state index contributed by atoms with van der Waals surface area (Å²) in [6.45, 7) is 1.43. The van der Waals surface area contributed by atoms with E-state index in [9.17, 15) is 9.59 Å². The number of fused-ring (bicyclic) bond motifs is 1. The number of benzene rings is 1. The Morgan fingerprint density at radius 1 is 1.14 bits per heavy atom. The standard InChI is InChI=1S/C14H10N4O2S/c1-8(19)12-7-21-14(17-12)18-13(20)9-2-3-10-11(6-9)16-5-4-15-10/h2-7H,1H3,(H,17,18,20). The zero-order valence-electron chi connectivity index (χ0n) is 11.0. The first-order valence-electron chi connectivity index (χ1n) is 6.12. The van der Waals surface area contributed by atoms with Crippen LogP contribution in [0.15, 0.2) is 36.0 Å². The van der Waals surface area contributed by atoms with Gasteiger partial charge < -0.3 is 0 Å². The van der Waals surface area contributed by atoms with Gasteiger partial charge in [-0.3, -0.25) is 24.9 Å². The molecule has 21 heavy (non-hydrogen) atoms. The molecule has 2 heterocycles. The van der Waals surface area contributed by atoms with Crippen molar-refractivity contribution in [2.45, 2.75) is 6.92 Å². The van der Waals surface area contributed by atoms with Crippen LogP contribution in [-0.4, -0.2) is 26.6 Å². The van der Waals surface area contributed by atoms with E-state index in [2.05, 4.69) is 20.3 Å². The van der Waals surface area contributed by atoms with Crippen molar-refractivity contribution in [1.29, 1.82) is 0 Å². The maximum absolute atomic E-state index is 12.2. The molecule has 3 rings (SSSR count). The number of anilines is 1. The van der Waals surface area contributed by atoms with Crippen molar-refractivity contribution in [3.05, 3.63) is 47.2 Å². The van der Waals surface area contributed by atoms with Crippen molar-refractivity contribution in [2.24, 2.45) is 0 Å². The molecule has 1 aromatic carbocycles. The van der Waals surface area contributed by atoms with Crippen LogP contribution in [0.25, 0.3) is 11.0 Å². The van der Waals surface area contributed by atoms with Crippen molar-refractivity contribution < 1.29 is 9.59 Å². The molecule has 1 amide bonds. The lowest BCUT2D eigenvalue weighted by atomic mass is 10.2. The molecule has 1 N–H and O–H groups in total. The van der Waals surface area contributed by atoms with Gasteiger partial charge in [0, 0.05) is 30.3 Å². The van der Waals surface area contributed by atoms with E-state index < -0.39 is 0 Å². The van der Waals surface area contributed by atoms with Crippen molar-refractivity contribution in [1.82, 2.24) is 15.0 Å². The summed E-state index contributed by atoms with van der Waals surface area (Å²) in [5, 5.41) is 4.67. The predicted octanol–water partition coefficient (Wildman–Crippen LogP) is 2.54. The second-order valence-electron chi connectivity index (χ2n) is 4.31. The maximum atomic E-state index is 12.2. The van der Waals surface area contributed by atoms with Crippen LogP contribution in [0, 0.1) is 0 Å². The lowest BCUT2D eigenvalue weighted by Gasteiger charge is -2.02. The minimum Gasteiger partial charge on any atom is -0.298 e. The third-order valence-electron chi connectivity index (χ3n) is 2.82. The van der Waals surface area contributed by atoms with Gasteiger partial charge in [-0.2, -0.15) is 0 Å². The van der Waals surface area contributed by atoms with Gasteiger partial charge in [-0.25, -0.2) is 4.98 Å². The van der Waals surface area contributed by atoms with Gasteiger partial charge in [0.05, 0.1) is 11.0 Å². The Kier molecular flexibility index (Phi) is 3.41. The maximum Gasteiger partial charge on any atom is 0.257 e. The van der Waals surface area contributed by atoms with Gasteiger partial charge in [-0.05, 0) is 18.2 Å². The Balaban J connectivity index is 1.84. The largest absolute Gasteiger partial charge is 0.298 e. The molecule has 0 atom stereocenters. The first-order chi connectivity index (χ1) is 10.1. The number of Topliss-reactive ketones (excluding diaryl/α,β-unsaturated/α-hetero) is 1. The molecule has 0 bridgehead atoms. The fourth-order valence-electron chi connectivity index (χ4n) is 1.77. The highest BCUT2D eigenvalue weighted by Crippen LogP contribution is 2.18. The normalized spacial score (nSPS) is 10.5. The van der Waals surface area contributed by atoms with Gasteiger partial charge in [0.15, 0.2) is 10.9 Å². The molecule has 7 heteroatoms. The quantitative estimate of drug-likeness (QED) is 0.751. The van der Waals surface area contributed by atoms with Gasteiger partial charge in [-0.15, -0.1) is 11.3 Å². The van der Waals surface area contributed by atoms with Crippen LogP contribution < -0.4 is 5.32 Å². The molecule has 0 aliphatic rings. The molecular formula is C14H10N4O2S. The summed E-state index contributed by atoms with van der Waals surface area (Å²) in [7, 11) is 0. The minimum atomic E-state index is -0.299. The fourth-order valence-corrected chi connectivity index (χ4v) is 2.51. The number of rotatable bonds is 3. The Hall–Kier alpha value is -2.67. The molecule has 0 saturated carbocycles. The summed E-state index contributed by atoms with van der Waals surface area (Å²) in [4.78, 5) is 35.7. The Labute approximate surface area is 123 Å². The monoisotopic (exact) mass is 298 g/mol. The third-order valence-corrected chi connectivity index (χ3v) is 3.57. The number of carbonyl (C=O) groups is 2. The number of hydrogen-bond acceptors (Lipinski definition) is 6. The van der Waals surface area contributed by atoms with Crippen molar-refractivity contribution in [3.63, 3.8) is 0 Å². The topological polar surface area (TPSA) is 84.8 Å². The van der Waals surface area contributed by atoms with Gasteiger partial charge in [0.25, 0.3) is 5.91 Å². The van der Waals surface area contributed by atoms with Crippen molar-refractivity contribution in [3.8, 4) is 0 Å². The second kappa shape index (κ2) is 5.37. The van der Waals surface area contributed by atoms with Crippen molar-refractivity contribution >= 4 is 39.2 Å². The molecule has 6 nitrogen and oxygen atoms in total. The molecule has 104 valence electrons. The van der Waals surface area contributed by atoms with Crippen LogP contribution in [-0.2, 0) is 0 Å². The highest BCUT2D eigenvalue weighted by atomic mass is 32.1. The Bertz CT molecular complexity index is 844. The van der Waals surface area contributed by atoms with E-state index in [-0.39, 0.29) is 11.7 Å². The number of nitrogens with one attached hydrogen (secondary N) is 1. The summed E-state index contributed by atoms with van der Waals surface area (Å²) in [6.07, 6.45) is 3.17. The van der Waals surface area contributed by atoms with Gasteiger partial charge in [-0.1, -0.05) is 0 Å². The first-order valence-corrected chi connectivity index (χ1v) is 7.00. The minimum absolute atomic E-state index is 0.132. The van der Waals surface area contributed by atoms with Gasteiger partial charge >= 0.3 is 0 Å². The molecular weight excluding hydrogens is 288 g/mol. The number of hydrogen-bond donors (Lipinski definition) is 1. The van der Waals surface area contributed by atoms with E-state index in [0.717, 1.165) is 5.52 Å². The summed E-state index contributed by atoms with van der Waals surface area (Å²) in [5.41, 5.74) is 2.18. The van der Waals surface area contributed by atoms with E-state index in [1.807, 2.05) is 0 Å². The zero-order valence-corrected chi connectivity index (χ0v) is 11.8. The number of amides is 1. The summed E-state index contributed by atoms with van der Waals surface area (Å²) in [6, 6.07) is 5.07. The summed E-state index contributed by atoms with van der Waals surface area (Å²) >= 11 is 1.21. The van der Waals surface area contributed by atoms with Crippen LogP contribution >= 0.6 is 11.3 Å². The lowest BCUT2D eigenvalue weighted by Crippen LogP contribution is -2.12. The molecule has 0 aliphatic carbocycles. The molecule has 2 aromatic heterocycles. The molecule has 0 fully saturated rings. The highest BCUT2D eigenvalue weighted by Gasteiger charge is 2.11. The fraction of sp³-hybridized carbons (Fsp3) is 0.0714. The third kappa shape index (κ3) is 2.77. The van der Waals surface area contributed by atoms with Gasteiger partial charge in [0.2, 0.25) is 0 Å². The molecule has 3 aromatic rings.